The molecule has 0 saturated carbocycles. The van der Waals surface area contributed by atoms with Crippen LogP contribution < -0.4 is 16.4 Å². The van der Waals surface area contributed by atoms with Gasteiger partial charge in [-0.05, 0) is 38.5 Å². The molecular formula is C39H64N7O17P3S. The third-order valence-electron chi connectivity index (χ3n) is 9.80. The van der Waals surface area contributed by atoms with E-state index in [1.165, 1.54) is 13.8 Å². The largest absolute Gasteiger partial charge is 0.481 e. The number of carbonyl (C=O) groups excluding carboxylic acids is 3. The van der Waals surface area contributed by atoms with E-state index in [1.54, 1.807) is 0 Å². The molecule has 2 amide bonds. The van der Waals surface area contributed by atoms with Crippen molar-refractivity contribution in [3.63, 3.8) is 0 Å². The average Bonchev–Trinajstić information content (AvgIpc) is 3.81. The van der Waals surface area contributed by atoms with Gasteiger partial charge in [0.15, 0.2) is 22.8 Å². The van der Waals surface area contributed by atoms with Crippen molar-refractivity contribution in [3.8, 4) is 0 Å². The number of nitrogens with one attached hydrogen (secondary N) is 2. The van der Waals surface area contributed by atoms with Crippen molar-refractivity contribution in [2.75, 3.05) is 37.8 Å². The van der Waals surface area contributed by atoms with Crippen LogP contribution in [0.5, 0.6) is 0 Å². The van der Waals surface area contributed by atoms with E-state index in [9.17, 15) is 57.9 Å². The number of aliphatic hydroxyl groups excluding tert-OH is 2. The van der Waals surface area contributed by atoms with Crippen LogP contribution in [0.4, 0.5) is 5.82 Å². The van der Waals surface area contributed by atoms with Crippen molar-refractivity contribution in [3.05, 3.63) is 49.1 Å². The van der Waals surface area contributed by atoms with Crippen LogP contribution in [-0.4, -0.2) is 123 Å². The molecule has 1 aliphatic heterocycles. The first kappa shape index (κ1) is 58.1. The van der Waals surface area contributed by atoms with E-state index < -0.39 is 84.6 Å². The number of hydrogen-bond acceptors (Lipinski definition) is 18. The Hall–Kier alpha value is -3.22. The van der Waals surface area contributed by atoms with Gasteiger partial charge in [-0.1, -0.05) is 88.3 Å². The minimum absolute atomic E-state index is 0.0316. The summed E-state index contributed by atoms with van der Waals surface area (Å²) in [5, 5.41) is 26.6. The molecule has 3 heterocycles. The second-order valence-electron chi connectivity index (χ2n) is 15.9. The number of imidazole rings is 1. The van der Waals surface area contributed by atoms with Crippen LogP contribution in [0.15, 0.2) is 49.1 Å². The van der Waals surface area contributed by atoms with Gasteiger partial charge in [-0.25, -0.2) is 28.6 Å². The highest BCUT2D eigenvalue weighted by atomic mass is 32.2. The molecule has 1 aliphatic rings. The van der Waals surface area contributed by atoms with Crippen molar-refractivity contribution < 1.29 is 80.5 Å². The smallest absolute Gasteiger partial charge is 0.386 e. The minimum Gasteiger partial charge on any atom is -0.386 e. The Morgan fingerprint density at radius 2 is 1.57 bits per heavy atom. The van der Waals surface area contributed by atoms with E-state index in [2.05, 4.69) is 77.8 Å². The van der Waals surface area contributed by atoms with Gasteiger partial charge in [0.25, 0.3) is 0 Å². The van der Waals surface area contributed by atoms with E-state index >= 15 is 0 Å². The summed E-state index contributed by atoms with van der Waals surface area (Å²) < 4.78 is 62.4. The molecule has 3 rings (SSSR count). The number of allylic oxidation sites excluding steroid dienone is 6. The number of thioether (sulfide) groups is 1. The quantitative estimate of drug-likeness (QED) is 0.0281. The van der Waals surface area contributed by atoms with Gasteiger partial charge in [-0.3, -0.25) is 32.5 Å². The first-order valence-electron chi connectivity index (χ1n) is 21.6. The van der Waals surface area contributed by atoms with E-state index in [-0.39, 0.29) is 41.6 Å². The molecular weight excluding hydrogens is 963 g/mol. The number of phosphoric ester groups is 3. The SMILES string of the molecule is CCC=CCC=CCC=CCCCCCCCC(=O)SCCNC(=O)CCNC(=O)C(O)C(C)(C)COP(=O)(O)OP(=O)(O)OCC1OC(n2cnc3c(N)ncnc32)C(O)C1OP(=O)(O)O. The second kappa shape index (κ2) is 28.4. The number of fused-ring (bicyclic) bond motifs is 1. The molecule has 0 radical (unpaired) electrons. The fourth-order valence-electron chi connectivity index (χ4n) is 6.26. The normalized spacial score (nSPS) is 20.4. The Balaban J connectivity index is 1.31. The summed E-state index contributed by atoms with van der Waals surface area (Å²) in [5.74, 6) is -1.05. The summed E-state index contributed by atoms with van der Waals surface area (Å²) in [6.45, 7) is 2.66. The van der Waals surface area contributed by atoms with Crippen LogP contribution in [-0.2, 0) is 50.7 Å². The number of unbranched alkanes of at least 4 members (excludes halogenated alkanes) is 5. The average molecular weight is 1030 g/mol. The summed E-state index contributed by atoms with van der Waals surface area (Å²) in [6.07, 6.45) is 15.7. The zero-order valence-corrected chi connectivity index (χ0v) is 41.1. The summed E-state index contributed by atoms with van der Waals surface area (Å²) in [5.41, 5.74) is 4.28. The Labute approximate surface area is 393 Å². The van der Waals surface area contributed by atoms with Crippen LogP contribution in [0.3, 0.4) is 0 Å². The molecule has 0 aliphatic carbocycles. The third-order valence-corrected chi connectivity index (χ3v) is 13.8. The van der Waals surface area contributed by atoms with Crippen molar-refractivity contribution >= 4 is 69.1 Å². The molecule has 1 fully saturated rings. The Morgan fingerprint density at radius 3 is 2.27 bits per heavy atom. The standard InChI is InChI=1S/C39H64N7O17P3S/c1-4-5-6-7-8-9-10-11-12-13-14-15-16-17-18-19-30(48)67-23-22-41-29(47)20-21-42-37(51)34(50)39(2,3)25-60-66(57,58)63-65(55,56)59-24-28-33(62-64(52,53)54)32(49)38(61-28)46-27-45-31-35(40)43-26-44-36(31)46/h5-6,8-9,11-12,26-28,32-34,38,49-50H,4,7,10,13-25H2,1-3H3,(H,41,47)(H,42,51)(H,55,56)(H,57,58)(H2,40,43,44)(H2,52,53,54). The van der Waals surface area contributed by atoms with Gasteiger partial charge in [0.05, 0.1) is 19.5 Å². The second-order valence-corrected chi connectivity index (χ2v) is 21.3. The van der Waals surface area contributed by atoms with Gasteiger partial charge in [0, 0.05) is 37.1 Å². The number of anilines is 1. The molecule has 0 bridgehead atoms. The van der Waals surface area contributed by atoms with Gasteiger partial charge >= 0.3 is 23.5 Å². The van der Waals surface area contributed by atoms with Crippen molar-refractivity contribution in [1.29, 1.82) is 0 Å². The molecule has 2 aromatic heterocycles. The first-order chi connectivity index (χ1) is 31.6. The highest BCUT2D eigenvalue weighted by Crippen LogP contribution is 2.61. The number of ether oxygens (including phenoxy) is 1. The molecule has 7 atom stereocenters. The van der Waals surface area contributed by atoms with Crippen molar-refractivity contribution in [2.45, 2.75) is 122 Å². The molecule has 378 valence electrons. The highest BCUT2D eigenvalue weighted by molar-refractivity contribution is 8.13. The fraction of sp³-hybridized carbons (Fsp3) is 0.641. The first-order valence-corrected chi connectivity index (χ1v) is 27.1. The van der Waals surface area contributed by atoms with E-state index in [1.807, 2.05) is 0 Å². The van der Waals surface area contributed by atoms with Gasteiger partial charge in [0.2, 0.25) is 11.8 Å². The zero-order chi connectivity index (χ0) is 49.7. The Kier molecular flexibility index (Phi) is 24.7. The molecule has 28 heteroatoms. The number of nitrogens with two attached hydrogens (primary N) is 1. The Bertz CT molecular complexity index is 2140. The number of nitrogens with zero attached hydrogens (tertiary/aromatic N) is 4. The molecule has 2 aromatic rings. The fourth-order valence-corrected chi connectivity index (χ4v) is 9.81. The molecule has 0 spiro atoms. The maximum atomic E-state index is 12.7. The molecule has 24 nitrogen and oxygen atoms in total. The lowest BCUT2D eigenvalue weighted by molar-refractivity contribution is -0.137. The molecule has 0 aromatic carbocycles. The number of rotatable bonds is 32. The predicted molar refractivity (Wildman–Crippen MR) is 246 cm³/mol. The predicted octanol–water partition coefficient (Wildman–Crippen LogP) is 4.25. The number of carbonyl (C=O) groups is 3. The number of nitrogen functional groups attached to an aromatic ring is 1. The molecule has 7 unspecified atom stereocenters. The topological polar surface area (TPSA) is 364 Å². The minimum atomic E-state index is -5.58. The highest BCUT2D eigenvalue weighted by Gasteiger charge is 2.50. The van der Waals surface area contributed by atoms with Crippen LogP contribution in [0.25, 0.3) is 11.2 Å². The zero-order valence-electron chi connectivity index (χ0n) is 37.6. The summed E-state index contributed by atoms with van der Waals surface area (Å²) in [6, 6.07) is 0. The van der Waals surface area contributed by atoms with E-state index in [0.29, 0.717) is 12.2 Å². The number of aliphatic hydroxyl groups is 2. The number of hydrogen-bond donors (Lipinski definition) is 9. The molecule has 10 N–H and O–H groups in total. The van der Waals surface area contributed by atoms with Crippen molar-refractivity contribution in [2.24, 2.45) is 5.41 Å². The van der Waals surface area contributed by atoms with Gasteiger partial charge in [-0.2, -0.15) is 4.31 Å². The maximum absolute atomic E-state index is 12.7. The lowest BCUT2D eigenvalue weighted by Crippen LogP contribution is -2.46. The molecule has 1 saturated heterocycles. The van der Waals surface area contributed by atoms with Gasteiger partial charge < -0.3 is 50.9 Å². The van der Waals surface area contributed by atoms with Gasteiger partial charge in [-0.15, -0.1) is 0 Å². The Morgan fingerprint density at radius 1 is 0.910 bits per heavy atom. The van der Waals surface area contributed by atoms with E-state index in [4.69, 9.17) is 19.5 Å². The molecule has 67 heavy (non-hydrogen) atoms. The maximum Gasteiger partial charge on any atom is 0.481 e. The van der Waals surface area contributed by atoms with Crippen molar-refractivity contribution in [1.82, 2.24) is 30.2 Å². The lowest BCUT2D eigenvalue weighted by atomic mass is 9.87. The summed E-state index contributed by atoms with van der Waals surface area (Å²) in [4.78, 5) is 88.3. The van der Waals surface area contributed by atoms with E-state index in [0.717, 1.165) is 86.8 Å². The van der Waals surface area contributed by atoms with Crippen LogP contribution in [0.2, 0.25) is 0 Å². The summed E-state index contributed by atoms with van der Waals surface area (Å²) in [7, 11) is -16.4. The summed E-state index contributed by atoms with van der Waals surface area (Å²) >= 11 is 1.14. The lowest BCUT2D eigenvalue weighted by Gasteiger charge is -2.30. The number of aromatic nitrogens is 4. The van der Waals surface area contributed by atoms with Gasteiger partial charge in [0.1, 0.15) is 36.3 Å². The number of phosphoric acid groups is 3. The van der Waals surface area contributed by atoms with Crippen LogP contribution in [0, 0.1) is 5.41 Å². The van der Waals surface area contributed by atoms with Crippen LogP contribution >= 0.6 is 35.2 Å². The monoisotopic (exact) mass is 1030 g/mol. The van der Waals surface area contributed by atoms with Crippen LogP contribution in [0.1, 0.15) is 97.6 Å². The third kappa shape index (κ3) is 21.5. The number of amides is 2.